The number of methoxy groups -OCH3 is 1. The minimum atomic E-state index is -4.50. The van der Waals surface area contributed by atoms with Gasteiger partial charge in [0.15, 0.2) is 5.16 Å². The lowest BCUT2D eigenvalue weighted by molar-refractivity contribution is -0.136. The van der Waals surface area contributed by atoms with E-state index >= 15 is 0 Å². The molecule has 0 aliphatic carbocycles. The second kappa shape index (κ2) is 8.78. The van der Waals surface area contributed by atoms with Crippen molar-refractivity contribution in [3.63, 3.8) is 0 Å². The Bertz CT molecular complexity index is 1150. The highest BCUT2D eigenvalue weighted by molar-refractivity contribution is 7.99. The zero-order valence-electron chi connectivity index (χ0n) is 16.1. The van der Waals surface area contributed by atoms with Crippen molar-refractivity contribution in [2.24, 2.45) is 0 Å². The van der Waals surface area contributed by atoms with Gasteiger partial charge in [-0.1, -0.05) is 30.0 Å². The number of hydrogen-bond donors (Lipinski definition) is 1. The first-order valence-corrected chi connectivity index (χ1v) is 9.81. The molecule has 158 valence electrons. The molecule has 0 unspecified atom stereocenters. The van der Waals surface area contributed by atoms with Gasteiger partial charge in [0.1, 0.15) is 12.3 Å². The third-order valence-corrected chi connectivity index (χ3v) is 5.08. The lowest BCUT2D eigenvalue weighted by Crippen LogP contribution is -2.35. The second-order valence-electron chi connectivity index (χ2n) is 6.41. The van der Waals surface area contributed by atoms with E-state index in [9.17, 15) is 22.8 Å². The highest BCUT2D eigenvalue weighted by Crippen LogP contribution is 2.28. The number of amides is 1. The molecule has 0 aliphatic heterocycles. The molecule has 0 aliphatic rings. The Morgan fingerprint density at radius 2 is 1.97 bits per heavy atom. The molecule has 1 N–H and O–H groups in total. The highest BCUT2D eigenvalue weighted by Gasteiger charge is 2.27. The maximum absolute atomic E-state index is 13.2. The molecule has 10 heteroatoms. The van der Waals surface area contributed by atoms with Gasteiger partial charge in [0.05, 0.1) is 29.5 Å². The summed E-state index contributed by atoms with van der Waals surface area (Å²) in [5.41, 5.74) is 1.34. The molecule has 3 rings (SSSR count). The molecule has 1 amide bonds. The molecule has 6 nitrogen and oxygen atoms in total. The Labute approximate surface area is 174 Å². The lowest BCUT2D eigenvalue weighted by atomic mass is 10.2. The third kappa shape index (κ3) is 4.93. The standard InChI is InChI=1S/C20H18F3N3O3S/c1-12-7-8-16(29-2)15(9-12)26-18(28)13-5-3-4-6-14(13)25-19(26)30-10-17(27)24-11-20(21,22)23/h3-9H,10-11H2,1-2H3,(H,24,27). The summed E-state index contributed by atoms with van der Waals surface area (Å²) in [6.07, 6.45) is -4.50. The fraction of sp³-hybridized carbons (Fsp3) is 0.250. The predicted molar refractivity (Wildman–Crippen MR) is 108 cm³/mol. The van der Waals surface area contributed by atoms with Gasteiger partial charge >= 0.3 is 6.18 Å². The molecule has 0 spiro atoms. The number of halogens is 3. The van der Waals surface area contributed by atoms with E-state index < -0.39 is 18.6 Å². The molecular formula is C20H18F3N3O3S. The summed E-state index contributed by atoms with van der Waals surface area (Å²) in [4.78, 5) is 29.6. The van der Waals surface area contributed by atoms with Gasteiger partial charge in [-0.3, -0.25) is 14.2 Å². The van der Waals surface area contributed by atoms with E-state index in [1.807, 2.05) is 18.3 Å². The fourth-order valence-electron chi connectivity index (χ4n) is 2.78. The number of aryl methyl sites for hydroxylation is 1. The highest BCUT2D eigenvalue weighted by atomic mass is 32.2. The van der Waals surface area contributed by atoms with E-state index in [0.29, 0.717) is 22.3 Å². The first-order chi connectivity index (χ1) is 14.2. The van der Waals surface area contributed by atoms with Crippen molar-refractivity contribution in [3.8, 4) is 11.4 Å². The number of benzene rings is 2. The average molecular weight is 437 g/mol. The first-order valence-electron chi connectivity index (χ1n) is 8.82. The van der Waals surface area contributed by atoms with Gasteiger partial charge in [0, 0.05) is 0 Å². The van der Waals surface area contributed by atoms with E-state index in [2.05, 4.69) is 4.98 Å². The van der Waals surface area contributed by atoms with Crippen molar-refractivity contribution in [3.05, 3.63) is 58.4 Å². The number of nitrogens with zero attached hydrogens (tertiary/aromatic N) is 2. The predicted octanol–water partition coefficient (Wildman–Crippen LogP) is 3.47. The van der Waals surface area contributed by atoms with Crippen molar-refractivity contribution in [1.82, 2.24) is 14.9 Å². The molecule has 0 saturated carbocycles. The number of hydrogen-bond acceptors (Lipinski definition) is 5. The lowest BCUT2D eigenvalue weighted by Gasteiger charge is -2.16. The molecule has 0 atom stereocenters. The summed E-state index contributed by atoms with van der Waals surface area (Å²) < 4.78 is 43.7. The number of fused-ring (bicyclic) bond motifs is 1. The van der Waals surface area contributed by atoms with Gasteiger partial charge in [0.2, 0.25) is 5.91 Å². The van der Waals surface area contributed by atoms with Crippen LogP contribution in [0.5, 0.6) is 5.75 Å². The molecule has 3 aromatic rings. The summed E-state index contributed by atoms with van der Waals surface area (Å²) in [5, 5.41) is 2.35. The van der Waals surface area contributed by atoms with Gasteiger partial charge in [-0.25, -0.2) is 4.98 Å². The topological polar surface area (TPSA) is 73.2 Å². The maximum atomic E-state index is 13.2. The van der Waals surface area contributed by atoms with Crippen LogP contribution in [0.1, 0.15) is 5.56 Å². The van der Waals surface area contributed by atoms with Gasteiger partial charge in [-0.2, -0.15) is 13.2 Å². The van der Waals surface area contributed by atoms with Crippen molar-refractivity contribution in [2.75, 3.05) is 19.4 Å². The van der Waals surface area contributed by atoms with E-state index in [-0.39, 0.29) is 16.5 Å². The van der Waals surface area contributed by atoms with Crippen LogP contribution in [-0.2, 0) is 4.79 Å². The van der Waals surface area contributed by atoms with Crippen LogP contribution >= 0.6 is 11.8 Å². The Balaban J connectivity index is 2.05. The Morgan fingerprint density at radius 3 is 2.67 bits per heavy atom. The smallest absolute Gasteiger partial charge is 0.405 e. The summed E-state index contributed by atoms with van der Waals surface area (Å²) in [6, 6.07) is 12.0. The number of ether oxygens (including phenoxy) is 1. The number of rotatable bonds is 6. The average Bonchev–Trinajstić information content (AvgIpc) is 2.70. The van der Waals surface area contributed by atoms with E-state index in [1.54, 1.807) is 36.4 Å². The fourth-order valence-corrected chi connectivity index (χ4v) is 3.61. The minimum absolute atomic E-state index is 0.171. The molecule has 0 saturated heterocycles. The molecule has 2 aromatic carbocycles. The summed E-state index contributed by atoms with van der Waals surface area (Å²) in [5.74, 6) is -0.736. The summed E-state index contributed by atoms with van der Waals surface area (Å²) in [6.45, 7) is 0.426. The van der Waals surface area contributed by atoms with Gasteiger partial charge in [-0.15, -0.1) is 0 Å². The number of alkyl halides is 3. The van der Waals surface area contributed by atoms with E-state index in [4.69, 9.17) is 4.74 Å². The number of nitrogens with one attached hydrogen (secondary N) is 1. The normalized spacial score (nSPS) is 11.5. The van der Waals surface area contributed by atoms with Crippen LogP contribution in [0.25, 0.3) is 16.6 Å². The van der Waals surface area contributed by atoms with Gasteiger partial charge < -0.3 is 10.1 Å². The van der Waals surface area contributed by atoms with Crippen molar-refractivity contribution < 1.29 is 22.7 Å². The molecular weight excluding hydrogens is 419 g/mol. The van der Waals surface area contributed by atoms with Crippen LogP contribution in [0.4, 0.5) is 13.2 Å². The van der Waals surface area contributed by atoms with Gasteiger partial charge in [-0.05, 0) is 36.8 Å². The molecule has 1 aromatic heterocycles. The Kier molecular flexibility index (Phi) is 6.35. The van der Waals surface area contributed by atoms with Crippen LogP contribution in [0, 0.1) is 6.92 Å². The van der Waals surface area contributed by atoms with Crippen molar-refractivity contribution >= 4 is 28.6 Å². The maximum Gasteiger partial charge on any atom is 0.405 e. The molecule has 0 fully saturated rings. The summed E-state index contributed by atoms with van der Waals surface area (Å²) in [7, 11) is 1.46. The Hall–Kier alpha value is -3.01. The van der Waals surface area contributed by atoms with Crippen LogP contribution in [-0.4, -0.2) is 41.0 Å². The molecule has 0 bridgehead atoms. The molecule has 0 radical (unpaired) electrons. The zero-order valence-corrected chi connectivity index (χ0v) is 16.9. The van der Waals surface area contributed by atoms with Crippen LogP contribution < -0.4 is 15.6 Å². The quantitative estimate of drug-likeness (QED) is 0.472. The van der Waals surface area contributed by atoms with Crippen molar-refractivity contribution in [2.45, 2.75) is 18.3 Å². The number of aromatic nitrogens is 2. The third-order valence-electron chi connectivity index (χ3n) is 4.14. The minimum Gasteiger partial charge on any atom is -0.495 e. The second-order valence-corrected chi connectivity index (χ2v) is 7.35. The molecule has 30 heavy (non-hydrogen) atoms. The Morgan fingerprint density at radius 1 is 1.23 bits per heavy atom. The number of para-hydroxylation sites is 1. The van der Waals surface area contributed by atoms with E-state index in [1.165, 1.54) is 11.7 Å². The zero-order chi connectivity index (χ0) is 21.9. The number of carbonyl (C=O) groups excluding carboxylic acids is 1. The first kappa shape index (κ1) is 21.7. The molecule has 1 heterocycles. The van der Waals surface area contributed by atoms with Gasteiger partial charge in [0.25, 0.3) is 5.56 Å². The monoisotopic (exact) mass is 437 g/mol. The number of carbonyl (C=O) groups is 1. The SMILES string of the molecule is COc1ccc(C)cc1-n1c(SCC(=O)NCC(F)(F)F)nc2ccccc2c1=O. The van der Waals surface area contributed by atoms with Crippen LogP contribution in [0.2, 0.25) is 0 Å². The van der Waals surface area contributed by atoms with Crippen LogP contribution in [0.15, 0.2) is 52.4 Å². The summed E-state index contributed by atoms with van der Waals surface area (Å²) >= 11 is 0.872. The largest absolute Gasteiger partial charge is 0.495 e. The number of thioether (sulfide) groups is 1. The van der Waals surface area contributed by atoms with E-state index in [0.717, 1.165) is 17.3 Å². The van der Waals surface area contributed by atoms with Crippen molar-refractivity contribution in [1.29, 1.82) is 0 Å². The van der Waals surface area contributed by atoms with Crippen LogP contribution in [0.3, 0.4) is 0 Å².